The van der Waals surface area contributed by atoms with Crippen molar-refractivity contribution in [1.82, 2.24) is 10.2 Å². The topological polar surface area (TPSA) is 77.0 Å². The molecule has 0 spiro atoms. The van der Waals surface area contributed by atoms with E-state index < -0.39 is 5.54 Å². The van der Waals surface area contributed by atoms with E-state index in [1.165, 1.54) is 6.07 Å². The standard InChI is InChI=1S/C13H17FN4O/c1-8-6-9(4-5-10(8)14)7-16-12-18-17-11(19-12)13(2,3)15/h4-6H,7,15H2,1-3H3,(H,16,18). The molecule has 0 aliphatic rings. The molecule has 0 saturated carbocycles. The van der Waals surface area contributed by atoms with Gasteiger partial charge in [-0.15, -0.1) is 5.10 Å². The summed E-state index contributed by atoms with van der Waals surface area (Å²) in [5, 5.41) is 10.7. The molecule has 0 atom stereocenters. The monoisotopic (exact) mass is 264 g/mol. The summed E-state index contributed by atoms with van der Waals surface area (Å²) in [6.45, 7) is 5.77. The number of hydrogen-bond donors (Lipinski definition) is 2. The van der Waals surface area contributed by atoms with Gasteiger partial charge in [0.2, 0.25) is 5.89 Å². The maximum atomic E-state index is 13.1. The number of nitrogens with two attached hydrogens (primary N) is 1. The molecule has 1 aromatic heterocycles. The van der Waals surface area contributed by atoms with Crippen molar-refractivity contribution in [3.8, 4) is 0 Å². The highest BCUT2D eigenvalue weighted by molar-refractivity contribution is 5.28. The second-order valence-corrected chi connectivity index (χ2v) is 5.07. The normalized spacial score (nSPS) is 11.6. The van der Waals surface area contributed by atoms with Crippen LogP contribution in [0.1, 0.15) is 30.9 Å². The van der Waals surface area contributed by atoms with Crippen LogP contribution in [0.4, 0.5) is 10.4 Å². The minimum atomic E-state index is -0.667. The van der Waals surface area contributed by atoms with E-state index in [9.17, 15) is 4.39 Å². The number of anilines is 1. The minimum absolute atomic E-state index is 0.214. The Hall–Kier alpha value is -1.95. The molecule has 6 heteroatoms. The summed E-state index contributed by atoms with van der Waals surface area (Å²) in [6.07, 6.45) is 0. The summed E-state index contributed by atoms with van der Waals surface area (Å²) in [4.78, 5) is 0. The molecule has 0 fully saturated rings. The molecule has 0 bridgehead atoms. The Morgan fingerprint density at radius 2 is 2.11 bits per heavy atom. The molecule has 19 heavy (non-hydrogen) atoms. The first-order valence-electron chi connectivity index (χ1n) is 5.98. The molecule has 0 saturated heterocycles. The molecule has 3 N–H and O–H groups in total. The van der Waals surface area contributed by atoms with Crippen molar-refractivity contribution in [2.45, 2.75) is 32.9 Å². The summed E-state index contributed by atoms with van der Waals surface area (Å²) in [5.74, 6) is 0.152. The molecule has 0 aliphatic carbocycles. The molecule has 1 heterocycles. The second kappa shape index (κ2) is 4.97. The summed E-state index contributed by atoms with van der Waals surface area (Å²) >= 11 is 0. The Kier molecular flexibility index (Phi) is 3.53. The van der Waals surface area contributed by atoms with Gasteiger partial charge in [-0.05, 0) is 38.0 Å². The molecular formula is C13H17FN4O. The molecule has 0 amide bonds. The van der Waals surface area contributed by atoms with Crippen molar-refractivity contribution in [2.75, 3.05) is 5.32 Å². The van der Waals surface area contributed by atoms with Crippen LogP contribution in [0.3, 0.4) is 0 Å². The highest BCUT2D eigenvalue weighted by atomic mass is 19.1. The van der Waals surface area contributed by atoms with Crippen LogP contribution in [0, 0.1) is 12.7 Å². The van der Waals surface area contributed by atoms with Crippen LogP contribution in [0.25, 0.3) is 0 Å². The van der Waals surface area contributed by atoms with Crippen molar-refractivity contribution < 1.29 is 8.81 Å². The fraction of sp³-hybridized carbons (Fsp3) is 0.385. The largest absolute Gasteiger partial charge is 0.406 e. The lowest BCUT2D eigenvalue weighted by atomic mass is 10.1. The van der Waals surface area contributed by atoms with Gasteiger partial charge in [-0.25, -0.2) is 4.39 Å². The van der Waals surface area contributed by atoms with Gasteiger partial charge in [0, 0.05) is 6.54 Å². The average Bonchev–Trinajstić information content (AvgIpc) is 2.79. The van der Waals surface area contributed by atoms with Crippen LogP contribution < -0.4 is 11.1 Å². The number of halogens is 1. The zero-order chi connectivity index (χ0) is 14.0. The third kappa shape index (κ3) is 3.29. The Morgan fingerprint density at radius 3 is 2.68 bits per heavy atom. The quantitative estimate of drug-likeness (QED) is 0.886. The lowest BCUT2D eigenvalue weighted by molar-refractivity contribution is 0.384. The molecule has 0 unspecified atom stereocenters. The fourth-order valence-electron chi connectivity index (χ4n) is 1.55. The number of nitrogens with one attached hydrogen (secondary N) is 1. The first-order valence-corrected chi connectivity index (χ1v) is 5.98. The third-order valence-electron chi connectivity index (χ3n) is 2.64. The molecule has 0 radical (unpaired) electrons. The van der Waals surface area contributed by atoms with Crippen molar-refractivity contribution in [3.05, 3.63) is 41.0 Å². The fourth-order valence-corrected chi connectivity index (χ4v) is 1.55. The number of benzene rings is 1. The van der Waals surface area contributed by atoms with Gasteiger partial charge in [0.1, 0.15) is 5.82 Å². The van der Waals surface area contributed by atoms with Crippen molar-refractivity contribution in [1.29, 1.82) is 0 Å². The first-order chi connectivity index (χ1) is 8.86. The van der Waals surface area contributed by atoms with E-state index >= 15 is 0 Å². The molecular weight excluding hydrogens is 247 g/mol. The van der Waals surface area contributed by atoms with E-state index in [0.29, 0.717) is 24.0 Å². The maximum absolute atomic E-state index is 13.1. The number of nitrogens with zero attached hydrogens (tertiary/aromatic N) is 2. The molecule has 2 rings (SSSR count). The highest BCUT2D eigenvalue weighted by Crippen LogP contribution is 2.18. The van der Waals surface area contributed by atoms with Gasteiger partial charge in [0.05, 0.1) is 5.54 Å². The predicted octanol–water partition coefficient (Wildman–Crippen LogP) is 2.32. The summed E-state index contributed by atoms with van der Waals surface area (Å²) in [7, 11) is 0. The van der Waals surface area contributed by atoms with Gasteiger partial charge in [0.15, 0.2) is 0 Å². The van der Waals surface area contributed by atoms with Crippen LogP contribution in [-0.2, 0) is 12.1 Å². The van der Waals surface area contributed by atoms with E-state index in [2.05, 4.69) is 15.5 Å². The Labute approximate surface area is 111 Å². The lowest BCUT2D eigenvalue weighted by Gasteiger charge is -2.11. The molecule has 1 aromatic carbocycles. The Balaban J connectivity index is 2.02. The van der Waals surface area contributed by atoms with Gasteiger partial charge in [0.25, 0.3) is 0 Å². The van der Waals surface area contributed by atoms with Gasteiger partial charge >= 0.3 is 6.01 Å². The van der Waals surface area contributed by atoms with E-state index in [-0.39, 0.29) is 5.82 Å². The van der Waals surface area contributed by atoms with Gasteiger partial charge in [-0.2, -0.15) is 0 Å². The van der Waals surface area contributed by atoms with Crippen LogP contribution in [-0.4, -0.2) is 10.2 Å². The SMILES string of the molecule is Cc1cc(CNc2nnc(C(C)(C)N)o2)ccc1F. The van der Waals surface area contributed by atoms with Crippen molar-refractivity contribution in [2.24, 2.45) is 5.73 Å². The van der Waals surface area contributed by atoms with E-state index in [1.807, 2.05) is 0 Å². The maximum Gasteiger partial charge on any atom is 0.315 e. The molecule has 0 aliphatic heterocycles. The zero-order valence-corrected chi connectivity index (χ0v) is 11.2. The number of aryl methyl sites for hydroxylation is 1. The van der Waals surface area contributed by atoms with E-state index in [1.54, 1.807) is 32.9 Å². The molecule has 102 valence electrons. The number of aromatic nitrogens is 2. The van der Waals surface area contributed by atoms with Crippen molar-refractivity contribution in [3.63, 3.8) is 0 Å². The Bertz CT molecular complexity index is 574. The minimum Gasteiger partial charge on any atom is -0.406 e. The van der Waals surface area contributed by atoms with Crippen LogP contribution >= 0.6 is 0 Å². The van der Waals surface area contributed by atoms with Crippen LogP contribution in [0.15, 0.2) is 22.6 Å². The smallest absolute Gasteiger partial charge is 0.315 e. The van der Waals surface area contributed by atoms with Crippen LogP contribution in [0.5, 0.6) is 0 Å². The lowest BCUT2D eigenvalue weighted by Crippen LogP contribution is -2.29. The summed E-state index contributed by atoms with van der Waals surface area (Å²) in [6, 6.07) is 5.22. The zero-order valence-electron chi connectivity index (χ0n) is 11.2. The summed E-state index contributed by atoms with van der Waals surface area (Å²) < 4.78 is 18.5. The third-order valence-corrected chi connectivity index (χ3v) is 2.64. The van der Waals surface area contributed by atoms with Gasteiger partial charge in [-0.3, -0.25) is 0 Å². The average molecular weight is 264 g/mol. The van der Waals surface area contributed by atoms with Gasteiger partial charge in [-0.1, -0.05) is 17.2 Å². The first kappa shape index (κ1) is 13.5. The number of hydrogen-bond acceptors (Lipinski definition) is 5. The van der Waals surface area contributed by atoms with E-state index in [0.717, 1.165) is 5.56 Å². The molecule has 5 nitrogen and oxygen atoms in total. The number of rotatable bonds is 4. The summed E-state index contributed by atoms with van der Waals surface area (Å²) in [5.41, 5.74) is 6.72. The second-order valence-electron chi connectivity index (χ2n) is 5.07. The Morgan fingerprint density at radius 1 is 1.37 bits per heavy atom. The predicted molar refractivity (Wildman–Crippen MR) is 70.0 cm³/mol. The highest BCUT2D eigenvalue weighted by Gasteiger charge is 2.21. The van der Waals surface area contributed by atoms with Crippen LogP contribution in [0.2, 0.25) is 0 Å². The molecule has 2 aromatic rings. The van der Waals surface area contributed by atoms with Crippen molar-refractivity contribution >= 4 is 6.01 Å². The van der Waals surface area contributed by atoms with Gasteiger partial charge < -0.3 is 15.5 Å². The van der Waals surface area contributed by atoms with E-state index in [4.69, 9.17) is 10.2 Å².